The van der Waals surface area contributed by atoms with Crippen molar-refractivity contribution in [2.24, 2.45) is 0 Å². The van der Waals surface area contributed by atoms with E-state index in [0.29, 0.717) is 41.7 Å². The van der Waals surface area contributed by atoms with Crippen molar-refractivity contribution >= 4 is 26.8 Å². The Labute approximate surface area is 196 Å². The average Bonchev–Trinajstić information content (AvgIpc) is 3.23. The zero-order chi connectivity index (χ0) is 23.7. The predicted octanol–water partition coefficient (Wildman–Crippen LogP) is 3.59. The number of hydrogen-bond donors (Lipinski definition) is 1. The number of nitrogens with one attached hydrogen (secondary N) is 1. The molecule has 0 atom stereocenters. The number of carbonyl (C=O) groups excluding carboxylic acids is 1. The molecule has 1 saturated heterocycles. The van der Waals surface area contributed by atoms with Crippen molar-refractivity contribution in [2.75, 3.05) is 11.5 Å². The highest BCUT2D eigenvalue weighted by molar-refractivity contribution is 7.91. The molecule has 2 aromatic heterocycles. The van der Waals surface area contributed by atoms with E-state index in [1.165, 1.54) is 12.1 Å². The fraction of sp³-hybridized carbons (Fsp3) is 0.240. The maximum Gasteiger partial charge on any atom is 0.252 e. The Hall–Kier alpha value is -3.59. The molecule has 0 saturated carbocycles. The first-order chi connectivity index (χ1) is 16.4. The first-order valence-corrected chi connectivity index (χ1v) is 12.9. The van der Waals surface area contributed by atoms with Gasteiger partial charge in [0.15, 0.2) is 5.65 Å². The molecule has 1 aliphatic rings. The number of carbonyl (C=O) groups is 1. The van der Waals surface area contributed by atoms with Gasteiger partial charge in [0.2, 0.25) is 0 Å². The molecule has 0 radical (unpaired) electrons. The summed E-state index contributed by atoms with van der Waals surface area (Å²) in [6.07, 6.45) is 2.38. The highest BCUT2D eigenvalue weighted by Crippen LogP contribution is 2.26. The number of pyridine rings is 1. The van der Waals surface area contributed by atoms with Crippen LogP contribution in [0.4, 0.5) is 4.39 Å². The number of aromatic nitrogens is 3. The third-order valence-electron chi connectivity index (χ3n) is 6.03. The van der Waals surface area contributed by atoms with Gasteiger partial charge >= 0.3 is 0 Å². The lowest BCUT2D eigenvalue weighted by atomic mass is 10.1. The van der Waals surface area contributed by atoms with E-state index in [1.807, 2.05) is 36.4 Å². The molecule has 1 fully saturated rings. The summed E-state index contributed by atoms with van der Waals surface area (Å²) in [5.74, 6) is -0.477. The summed E-state index contributed by atoms with van der Waals surface area (Å²) >= 11 is 0. The van der Waals surface area contributed by atoms with Crippen molar-refractivity contribution < 1.29 is 17.6 Å². The average molecular weight is 479 g/mol. The molecule has 0 unspecified atom stereocenters. The lowest BCUT2D eigenvalue weighted by Crippen LogP contribution is -2.40. The molecule has 4 aromatic rings. The molecule has 1 aliphatic heterocycles. The second kappa shape index (κ2) is 8.98. The van der Waals surface area contributed by atoms with Crippen LogP contribution in [-0.2, 0) is 16.4 Å². The number of sulfone groups is 1. The van der Waals surface area contributed by atoms with Crippen molar-refractivity contribution in [3.05, 3.63) is 83.8 Å². The summed E-state index contributed by atoms with van der Waals surface area (Å²) in [5.41, 5.74) is 3.13. The molecular weight excluding hydrogens is 455 g/mol. The number of amides is 1. The van der Waals surface area contributed by atoms with Gasteiger partial charge in [-0.2, -0.15) is 5.10 Å². The van der Waals surface area contributed by atoms with E-state index >= 15 is 0 Å². The quantitative estimate of drug-likeness (QED) is 0.473. The van der Waals surface area contributed by atoms with Crippen LogP contribution in [-0.4, -0.2) is 46.6 Å². The Morgan fingerprint density at radius 2 is 1.82 bits per heavy atom. The molecule has 1 amide bonds. The SMILES string of the molecule is O=C(NC1CCS(=O)(=O)CC1)c1cc(-c2ccccc2)nc2c1cnn2Cc1cccc(F)c1. The summed E-state index contributed by atoms with van der Waals surface area (Å²) in [6.45, 7) is 0.300. The van der Waals surface area contributed by atoms with Crippen molar-refractivity contribution in [1.82, 2.24) is 20.1 Å². The zero-order valence-corrected chi connectivity index (χ0v) is 19.1. The number of nitrogens with zero attached hydrogens (tertiary/aromatic N) is 3. The maximum absolute atomic E-state index is 13.7. The molecule has 9 heteroatoms. The minimum Gasteiger partial charge on any atom is -0.349 e. The molecular formula is C25H23FN4O3S. The second-order valence-electron chi connectivity index (χ2n) is 8.49. The topological polar surface area (TPSA) is 93.9 Å². The molecule has 5 rings (SSSR count). The Morgan fingerprint density at radius 3 is 2.56 bits per heavy atom. The Balaban J connectivity index is 1.53. The normalized spacial score (nSPS) is 15.9. The molecule has 0 aliphatic carbocycles. The van der Waals surface area contributed by atoms with Gasteiger partial charge in [-0.05, 0) is 36.6 Å². The van der Waals surface area contributed by atoms with Gasteiger partial charge in [0.25, 0.3) is 5.91 Å². The smallest absolute Gasteiger partial charge is 0.252 e. The molecule has 1 N–H and O–H groups in total. The van der Waals surface area contributed by atoms with Crippen LogP contribution in [0, 0.1) is 5.82 Å². The van der Waals surface area contributed by atoms with Crippen LogP contribution in [0.5, 0.6) is 0 Å². The van der Waals surface area contributed by atoms with Crippen LogP contribution in [0.1, 0.15) is 28.8 Å². The number of rotatable bonds is 5. The first-order valence-electron chi connectivity index (χ1n) is 11.1. The van der Waals surface area contributed by atoms with Gasteiger partial charge in [0, 0.05) is 11.6 Å². The third kappa shape index (κ3) is 4.70. The fourth-order valence-electron chi connectivity index (χ4n) is 4.21. The maximum atomic E-state index is 13.7. The molecule has 2 aromatic carbocycles. The molecule has 174 valence electrons. The minimum absolute atomic E-state index is 0.0739. The van der Waals surface area contributed by atoms with E-state index < -0.39 is 9.84 Å². The largest absolute Gasteiger partial charge is 0.349 e. The molecule has 7 nitrogen and oxygen atoms in total. The minimum atomic E-state index is -3.02. The lowest BCUT2D eigenvalue weighted by molar-refractivity contribution is 0.0936. The lowest BCUT2D eigenvalue weighted by Gasteiger charge is -2.23. The number of hydrogen-bond acceptors (Lipinski definition) is 5. The van der Waals surface area contributed by atoms with Crippen molar-refractivity contribution in [3.8, 4) is 11.3 Å². The number of halogens is 1. The van der Waals surface area contributed by atoms with Crippen molar-refractivity contribution in [2.45, 2.75) is 25.4 Å². The Bertz CT molecular complexity index is 1450. The van der Waals surface area contributed by atoms with Gasteiger partial charge in [-0.1, -0.05) is 42.5 Å². The number of benzene rings is 2. The van der Waals surface area contributed by atoms with Gasteiger partial charge in [0.1, 0.15) is 15.7 Å². The van der Waals surface area contributed by atoms with Gasteiger partial charge < -0.3 is 5.32 Å². The van der Waals surface area contributed by atoms with Gasteiger partial charge in [-0.25, -0.2) is 22.5 Å². The highest BCUT2D eigenvalue weighted by Gasteiger charge is 2.26. The summed E-state index contributed by atoms with van der Waals surface area (Å²) in [7, 11) is -3.02. The van der Waals surface area contributed by atoms with E-state index in [-0.39, 0.29) is 29.3 Å². The summed E-state index contributed by atoms with van der Waals surface area (Å²) in [4.78, 5) is 18.1. The van der Waals surface area contributed by atoms with E-state index in [0.717, 1.165) is 11.1 Å². The van der Waals surface area contributed by atoms with Crippen LogP contribution in [0.25, 0.3) is 22.3 Å². The van der Waals surface area contributed by atoms with Crippen molar-refractivity contribution in [3.63, 3.8) is 0 Å². The molecule has 3 heterocycles. The molecule has 0 spiro atoms. The van der Waals surface area contributed by atoms with Gasteiger partial charge in [-0.3, -0.25) is 4.79 Å². The molecule has 34 heavy (non-hydrogen) atoms. The van der Waals surface area contributed by atoms with Crippen LogP contribution in [0.15, 0.2) is 66.9 Å². The van der Waals surface area contributed by atoms with Crippen LogP contribution >= 0.6 is 0 Å². The summed E-state index contributed by atoms with van der Waals surface area (Å²) in [5, 5.41) is 8.01. The predicted molar refractivity (Wildman–Crippen MR) is 128 cm³/mol. The van der Waals surface area contributed by atoms with E-state index in [9.17, 15) is 17.6 Å². The van der Waals surface area contributed by atoms with Crippen LogP contribution < -0.4 is 5.32 Å². The van der Waals surface area contributed by atoms with E-state index in [1.54, 1.807) is 23.0 Å². The Morgan fingerprint density at radius 1 is 1.06 bits per heavy atom. The zero-order valence-electron chi connectivity index (χ0n) is 18.3. The van der Waals surface area contributed by atoms with Crippen LogP contribution in [0.2, 0.25) is 0 Å². The second-order valence-corrected chi connectivity index (χ2v) is 10.8. The Kier molecular flexibility index (Phi) is 5.87. The van der Waals surface area contributed by atoms with E-state index in [4.69, 9.17) is 4.98 Å². The summed E-state index contributed by atoms with van der Waals surface area (Å²) in [6, 6.07) is 17.3. The fourth-order valence-corrected chi connectivity index (χ4v) is 5.71. The first kappa shape index (κ1) is 22.2. The van der Waals surface area contributed by atoms with Gasteiger partial charge in [-0.15, -0.1) is 0 Å². The number of fused-ring (bicyclic) bond motifs is 1. The van der Waals surface area contributed by atoms with Crippen molar-refractivity contribution in [1.29, 1.82) is 0 Å². The summed E-state index contributed by atoms with van der Waals surface area (Å²) < 4.78 is 38.8. The molecule has 0 bridgehead atoms. The van der Waals surface area contributed by atoms with E-state index in [2.05, 4.69) is 10.4 Å². The monoisotopic (exact) mass is 478 g/mol. The third-order valence-corrected chi connectivity index (χ3v) is 7.75. The van der Waals surface area contributed by atoms with Crippen LogP contribution in [0.3, 0.4) is 0 Å². The highest BCUT2D eigenvalue weighted by atomic mass is 32.2. The van der Waals surface area contributed by atoms with Gasteiger partial charge in [0.05, 0.1) is 40.9 Å². The standard InChI is InChI=1S/C25H23FN4O3S/c26-19-8-4-5-17(13-19)16-30-24-22(15-27-30)21(14-23(29-24)18-6-2-1-3-7-18)25(31)28-20-9-11-34(32,33)12-10-20/h1-8,13-15,20H,9-12,16H2,(H,28,31).